The number of ether oxygens (including phenoxy) is 1. The number of carbonyl (C=O) groups excluding carboxylic acids is 1. The van der Waals surface area contributed by atoms with Gasteiger partial charge in [-0.1, -0.05) is 6.07 Å². The van der Waals surface area contributed by atoms with Gasteiger partial charge in [0, 0.05) is 11.3 Å². The van der Waals surface area contributed by atoms with E-state index in [0.717, 1.165) is 11.1 Å². The lowest BCUT2D eigenvalue weighted by molar-refractivity contribution is 0.103. The number of rotatable bonds is 3. The van der Waals surface area contributed by atoms with Crippen LogP contribution in [-0.2, 0) is 0 Å². The van der Waals surface area contributed by atoms with Gasteiger partial charge in [0.15, 0.2) is 5.78 Å². The Morgan fingerprint density at radius 1 is 1.11 bits per heavy atom. The van der Waals surface area contributed by atoms with Crippen LogP contribution in [0.4, 0.5) is 5.69 Å². The monoisotopic (exact) mass is 255 g/mol. The molecule has 2 rings (SSSR count). The second-order valence-corrected chi connectivity index (χ2v) is 4.61. The van der Waals surface area contributed by atoms with Crippen molar-refractivity contribution in [3.8, 4) is 5.75 Å². The molecule has 0 aliphatic carbocycles. The Morgan fingerprint density at radius 3 is 2.32 bits per heavy atom. The van der Waals surface area contributed by atoms with Crippen LogP contribution in [-0.4, -0.2) is 12.9 Å². The second-order valence-electron chi connectivity index (χ2n) is 4.61. The molecule has 3 nitrogen and oxygen atoms in total. The maximum Gasteiger partial charge on any atom is 0.196 e. The minimum atomic E-state index is -0.0522. The highest BCUT2D eigenvalue weighted by Crippen LogP contribution is 2.27. The molecule has 98 valence electrons. The Labute approximate surface area is 113 Å². The molecule has 2 N–H and O–H groups in total. The van der Waals surface area contributed by atoms with Gasteiger partial charge in [-0.15, -0.1) is 0 Å². The highest BCUT2D eigenvalue weighted by Gasteiger charge is 2.16. The van der Waals surface area contributed by atoms with E-state index < -0.39 is 0 Å². The van der Waals surface area contributed by atoms with Gasteiger partial charge in [0.2, 0.25) is 0 Å². The van der Waals surface area contributed by atoms with Crippen LogP contribution in [0.5, 0.6) is 5.75 Å². The van der Waals surface area contributed by atoms with E-state index in [-0.39, 0.29) is 5.78 Å². The van der Waals surface area contributed by atoms with Crippen LogP contribution in [0.2, 0.25) is 0 Å². The number of benzene rings is 2. The number of aryl methyl sites for hydroxylation is 2. The van der Waals surface area contributed by atoms with E-state index >= 15 is 0 Å². The van der Waals surface area contributed by atoms with E-state index in [1.807, 2.05) is 26.0 Å². The number of anilines is 1. The van der Waals surface area contributed by atoms with E-state index in [9.17, 15) is 4.79 Å². The van der Waals surface area contributed by atoms with Gasteiger partial charge in [-0.3, -0.25) is 4.79 Å². The van der Waals surface area contributed by atoms with Gasteiger partial charge in [-0.25, -0.2) is 0 Å². The van der Waals surface area contributed by atoms with Crippen molar-refractivity contribution in [1.29, 1.82) is 0 Å². The van der Waals surface area contributed by atoms with Crippen molar-refractivity contribution in [2.75, 3.05) is 12.8 Å². The van der Waals surface area contributed by atoms with Gasteiger partial charge in [-0.05, 0) is 55.3 Å². The lowest BCUT2D eigenvalue weighted by atomic mass is 9.98. The van der Waals surface area contributed by atoms with Crippen LogP contribution in [0.1, 0.15) is 27.0 Å². The molecule has 0 aliphatic rings. The quantitative estimate of drug-likeness (QED) is 0.677. The van der Waals surface area contributed by atoms with Crippen molar-refractivity contribution in [2.24, 2.45) is 0 Å². The van der Waals surface area contributed by atoms with Crippen LogP contribution in [0.25, 0.3) is 0 Å². The minimum Gasteiger partial charge on any atom is -0.496 e. The largest absolute Gasteiger partial charge is 0.496 e. The van der Waals surface area contributed by atoms with Crippen LogP contribution in [0.15, 0.2) is 36.4 Å². The predicted molar refractivity (Wildman–Crippen MR) is 76.8 cm³/mol. The molecule has 0 atom stereocenters. The Hall–Kier alpha value is -2.29. The smallest absolute Gasteiger partial charge is 0.196 e. The molecule has 0 aromatic heterocycles. The van der Waals surface area contributed by atoms with Crippen molar-refractivity contribution in [3.05, 3.63) is 58.7 Å². The van der Waals surface area contributed by atoms with Gasteiger partial charge in [0.1, 0.15) is 5.75 Å². The lowest BCUT2D eigenvalue weighted by Gasteiger charge is -2.12. The average Bonchev–Trinajstić information content (AvgIpc) is 2.38. The van der Waals surface area contributed by atoms with Crippen LogP contribution in [0.3, 0.4) is 0 Å². The molecule has 0 heterocycles. The molecule has 0 fully saturated rings. The molecule has 0 unspecified atom stereocenters. The van der Waals surface area contributed by atoms with Gasteiger partial charge >= 0.3 is 0 Å². The highest BCUT2D eigenvalue weighted by molar-refractivity contribution is 6.11. The first-order valence-electron chi connectivity index (χ1n) is 6.08. The van der Waals surface area contributed by atoms with Crippen LogP contribution >= 0.6 is 0 Å². The third kappa shape index (κ3) is 2.60. The van der Waals surface area contributed by atoms with Crippen LogP contribution in [0, 0.1) is 13.8 Å². The Kier molecular flexibility index (Phi) is 3.56. The summed E-state index contributed by atoms with van der Waals surface area (Å²) in [7, 11) is 1.58. The molecule has 3 heteroatoms. The van der Waals surface area contributed by atoms with Crippen molar-refractivity contribution in [3.63, 3.8) is 0 Å². The van der Waals surface area contributed by atoms with Gasteiger partial charge in [-0.2, -0.15) is 0 Å². The molecule has 0 saturated carbocycles. The Bertz CT molecular complexity index is 615. The van der Waals surface area contributed by atoms with Crippen LogP contribution < -0.4 is 10.5 Å². The summed E-state index contributed by atoms with van der Waals surface area (Å²) in [4.78, 5) is 12.5. The number of carbonyl (C=O) groups is 1. The summed E-state index contributed by atoms with van der Waals surface area (Å²) >= 11 is 0. The number of nitrogens with two attached hydrogens (primary N) is 1. The fourth-order valence-corrected chi connectivity index (χ4v) is 2.18. The fraction of sp³-hybridized carbons (Fsp3) is 0.188. The van der Waals surface area contributed by atoms with Gasteiger partial charge in [0.25, 0.3) is 0 Å². The summed E-state index contributed by atoms with van der Waals surface area (Å²) in [5, 5.41) is 0. The normalized spacial score (nSPS) is 10.3. The number of nitrogen functional groups attached to an aromatic ring is 1. The number of ketones is 1. The van der Waals surface area contributed by atoms with E-state index in [4.69, 9.17) is 10.5 Å². The molecular weight excluding hydrogens is 238 g/mol. The minimum absolute atomic E-state index is 0.0522. The first-order valence-corrected chi connectivity index (χ1v) is 6.08. The average molecular weight is 255 g/mol. The summed E-state index contributed by atoms with van der Waals surface area (Å²) < 4.78 is 5.35. The standard InChI is InChI=1S/C16H17NO2/c1-10-8-11(2)16(19-3)14(9-10)15(18)12-4-6-13(17)7-5-12/h4-9H,17H2,1-3H3. The molecule has 0 aliphatic heterocycles. The van der Waals surface area contributed by atoms with Crippen molar-refractivity contribution < 1.29 is 9.53 Å². The highest BCUT2D eigenvalue weighted by atomic mass is 16.5. The summed E-state index contributed by atoms with van der Waals surface area (Å²) in [5.41, 5.74) is 9.47. The summed E-state index contributed by atoms with van der Waals surface area (Å²) in [5.74, 6) is 0.580. The predicted octanol–water partition coefficient (Wildman–Crippen LogP) is 3.13. The van der Waals surface area contributed by atoms with E-state index in [0.29, 0.717) is 22.6 Å². The van der Waals surface area contributed by atoms with Crippen molar-refractivity contribution in [2.45, 2.75) is 13.8 Å². The molecule has 0 radical (unpaired) electrons. The molecule has 0 spiro atoms. The SMILES string of the molecule is COc1c(C)cc(C)cc1C(=O)c1ccc(N)cc1. The number of methoxy groups -OCH3 is 1. The maximum absolute atomic E-state index is 12.5. The fourth-order valence-electron chi connectivity index (χ4n) is 2.18. The van der Waals surface area contributed by atoms with Crippen molar-refractivity contribution in [1.82, 2.24) is 0 Å². The molecular formula is C16H17NO2. The zero-order valence-corrected chi connectivity index (χ0v) is 11.4. The lowest BCUT2D eigenvalue weighted by Crippen LogP contribution is -2.06. The molecule has 2 aromatic carbocycles. The first kappa shape index (κ1) is 13.1. The third-order valence-electron chi connectivity index (χ3n) is 3.04. The summed E-state index contributed by atoms with van der Waals surface area (Å²) in [6.45, 7) is 3.90. The molecule has 0 saturated heterocycles. The van der Waals surface area contributed by atoms with Gasteiger partial charge < -0.3 is 10.5 Å². The summed E-state index contributed by atoms with van der Waals surface area (Å²) in [6, 6.07) is 10.8. The molecule has 0 amide bonds. The Balaban J connectivity index is 2.52. The number of hydrogen-bond donors (Lipinski definition) is 1. The van der Waals surface area contributed by atoms with E-state index in [1.165, 1.54) is 0 Å². The molecule has 19 heavy (non-hydrogen) atoms. The Morgan fingerprint density at radius 2 is 1.74 bits per heavy atom. The molecule has 2 aromatic rings. The maximum atomic E-state index is 12.5. The second kappa shape index (κ2) is 5.14. The van der Waals surface area contributed by atoms with Crippen molar-refractivity contribution >= 4 is 11.5 Å². The van der Waals surface area contributed by atoms with E-state index in [1.54, 1.807) is 31.4 Å². The zero-order valence-electron chi connectivity index (χ0n) is 11.4. The third-order valence-corrected chi connectivity index (χ3v) is 3.04. The first-order chi connectivity index (χ1) is 9.02. The molecule has 0 bridgehead atoms. The summed E-state index contributed by atoms with van der Waals surface area (Å²) in [6.07, 6.45) is 0. The topological polar surface area (TPSA) is 52.3 Å². The van der Waals surface area contributed by atoms with Gasteiger partial charge in [0.05, 0.1) is 12.7 Å². The number of hydrogen-bond acceptors (Lipinski definition) is 3. The van der Waals surface area contributed by atoms with E-state index in [2.05, 4.69) is 0 Å². The zero-order chi connectivity index (χ0) is 14.0.